The van der Waals surface area contributed by atoms with Crippen molar-refractivity contribution in [3.63, 3.8) is 0 Å². The number of halogens is 3. The van der Waals surface area contributed by atoms with Gasteiger partial charge in [0.25, 0.3) is 0 Å². The lowest BCUT2D eigenvalue weighted by atomic mass is 10.0. The van der Waals surface area contributed by atoms with Crippen molar-refractivity contribution in [2.24, 2.45) is 0 Å². The first-order valence-corrected chi connectivity index (χ1v) is 6.45. The maximum absolute atomic E-state index is 13.2. The van der Waals surface area contributed by atoms with Crippen molar-refractivity contribution >= 4 is 27.5 Å². The zero-order chi connectivity index (χ0) is 11.4. The van der Waals surface area contributed by atoms with Crippen molar-refractivity contribution in [3.8, 4) is 0 Å². The number of benzene rings is 1. The molecule has 1 unspecified atom stereocenters. The Morgan fingerprint density at radius 2 is 2.13 bits per heavy atom. The highest BCUT2D eigenvalue weighted by molar-refractivity contribution is 9.09. The summed E-state index contributed by atoms with van der Waals surface area (Å²) in [6.07, 6.45) is 3.32. The summed E-state index contributed by atoms with van der Waals surface area (Å²) >= 11 is 9.59. The highest BCUT2D eigenvalue weighted by Gasteiger charge is 2.13. The summed E-state index contributed by atoms with van der Waals surface area (Å²) in [7, 11) is 0. The molecule has 0 aromatic heterocycles. The van der Waals surface area contributed by atoms with E-state index in [0.29, 0.717) is 10.6 Å². The molecule has 0 saturated carbocycles. The molecule has 0 aliphatic heterocycles. The number of alkyl halides is 1. The second-order valence-corrected chi connectivity index (χ2v) is 5.25. The second-order valence-electron chi connectivity index (χ2n) is 3.73. The Balaban J connectivity index is 2.88. The fourth-order valence-corrected chi connectivity index (χ4v) is 2.57. The van der Waals surface area contributed by atoms with Gasteiger partial charge in [-0.1, -0.05) is 53.4 Å². The number of hydrogen-bond acceptors (Lipinski definition) is 0. The third-order valence-electron chi connectivity index (χ3n) is 2.43. The first-order valence-electron chi connectivity index (χ1n) is 5.15. The SMILES string of the molecule is CCCCC(Br)c1cc(C)c(F)cc1Cl. The van der Waals surface area contributed by atoms with Crippen LogP contribution in [0.5, 0.6) is 0 Å². The van der Waals surface area contributed by atoms with E-state index in [0.717, 1.165) is 24.8 Å². The average molecular weight is 294 g/mol. The first-order chi connectivity index (χ1) is 7.06. The van der Waals surface area contributed by atoms with Crippen molar-refractivity contribution in [3.05, 3.63) is 34.1 Å². The van der Waals surface area contributed by atoms with Gasteiger partial charge in [-0.25, -0.2) is 4.39 Å². The molecule has 0 fully saturated rings. The van der Waals surface area contributed by atoms with Gasteiger partial charge in [0.2, 0.25) is 0 Å². The maximum atomic E-state index is 13.2. The molecule has 0 saturated heterocycles. The second kappa shape index (κ2) is 5.86. The molecule has 3 heteroatoms. The number of unbranched alkanes of at least 4 members (excludes halogenated alkanes) is 1. The van der Waals surface area contributed by atoms with Gasteiger partial charge in [-0.2, -0.15) is 0 Å². The topological polar surface area (TPSA) is 0 Å². The molecule has 84 valence electrons. The van der Waals surface area contributed by atoms with Gasteiger partial charge in [-0.3, -0.25) is 0 Å². The Morgan fingerprint density at radius 1 is 1.47 bits per heavy atom. The van der Waals surface area contributed by atoms with E-state index in [9.17, 15) is 4.39 Å². The number of hydrogen-bond donors (Lipinski definition) is 0. The number of aryl methyl sites for hydroxylation is 1. The molecule has 0 bridgehead atoms. The van der Waals surface area contributed by atoms with E-state index in [1.54, 1.807) is 6.92 Å². The lowest BCUT2D eigenvalue weighted by Crippen LogP contribution is -1.94. The molecule has 0 N–H and O–H groups in total. The fraction of sp³-hybridized carbons (Fsp3) is 0.500. The molecule has 1 aromatic carbocycles. The van der Waals surface area contributed by atoms with Crippen LogP contribution in [0, 0.1) is 12.7 Å². The summed E-state index contributed by atoms with van der Waals surface area (Å²) in [5.41, 5.74) is 1.64. The van der Waals surface area contributed by atoms with Crippen LogP contribution in [-0.2, 0) is 0 Å². The zero-order valence-corrected chi connectivity index (χ0v) is 11.3. The van der Waals surface area contributed by atoms with Crippen molar-refractivity contribution in [2.45, 2.75) is 37.9 Å². The van der Waals surface area contributed by atoms with E-state index in [4.69, 9.17) is 11.6 Å². The summed E-state index contributed by atoms with van der Waals surface area (Å²) in [6.45, 7) is 3.91. The van der Waals surface area contributed by atoms with Gasteiger partial charge in [0.05, 0.1) is 0 Å². The minimum atomic E-state index is -0.237. The van der Waals surface area contributed by atoms with Gasteiger partial charge in [-0.05, 0) is 30.5 Å². The lowest BCUT2D eigenvalue weighted by molar-refractivity contribution is 0.616. The van der Waals surface area contributed by atoms with Crippen molar-refractivity contribution < 1.29 is 4.39 Å². The minimum absolute atomic E-state index is 0.226. The molecule has 1 rings (SSSR count). The zero-order valence-electron chi connectivity index (χ0n) is 8.99. The average Bonchev–Trinajstić information content (AvgIpc) is 2.20. The van der Waals surface area contributed by atoms with E-state index in [-0.39, 0.29) is 10.6 Å². The summed E-state index contributed by atoms with van der Waals surface area (Å²) in [5, 5.41) is 0.510. The van der Waals surface area contributed by atoms with E-state index in [1.165, 1.54) is 6.07 Å². The quantitative estimate of drug-likeness (QED) is 0.651. The van der Waals surface area contributed by atoms with Gasteiger partial charge < -0.3 is 0 Å². The maximum Gasteiger partial charge on any atom is 0.127 e. The smallest absolute Gasteiger partial charge is 0.127 e. The van der Waals surface area contributed by atoms with Crippen LogP contribution in [0.1, 0.15) is 42.1 Å². The normalized spacial score (nSPS) is 12.9. The molecule has 0 aliphatic carbocycles. The van der Waals surface area contributed by atoms with Gasteiger partial charge >= 0.3 is 0 Å². The largest absolute Gasteiger partial charge is 0.207 e. The van der Waals surface area contributed by atoms with E-state index >= 15 is 0 Å². The van der Waals surface area contributed by atoms with Crippen LogP contribution in [-0.4, -0.2) is 0 Å². The molecule has 1 aromatic rings. The molecule has 0 aliphatic rings. The Labute approximate surface area is 104 Å². The molecular formula is C12H15BrClF. The van der Waals surface area contributed by atoms with Crippen molar-refractivity contribution in [1.29, 1.82) is 0 Å². The van der Waals surface area contributed by atoms with E-state index in [2.05, 4.69) is 22.9 Å². The first kappa shape index (κ1) is 13.0. The highest BCUT2D eigenvalue weighted by Crippen LogP contribution is 2.34. The molecule has 0 amide bonds. The van der Waals surface area contributed by atoms with Crippen molar-refractivity contribution in [1.82, 2.24) is 0 Å². The van der Waals surface area contributed by atoms with Crippen molar-refractivity contribution in [2.75, 3.05) is 0 Å². The van der Waals surface area contributed by atoms with Gasteiger partial charge in [0, 0.05) is 9.85 Å². The van der Waals surface area contributed by atoms with Crippen LogP contribution in [0.4, 0.5) is 4.39 Å². The molecule has 1 atom stereocenters. The Bertz CT molecular complexity index is 339. The van der Waals surface area contributed by atoms with Gasteiger partial charge in [0.15, 0.2) is 0 Å². The molecule has 0 spiro atoms. The monoisotopic (exact) mass is 292 g/mol. The van der Waals surface area contributed by atoms with E-state index < -0.39 is 0 Å². The molecule has 15 heavy (non-hydrogen) atoms. The standard InChI is InChI=1S/C12H15BrClF/c1-3-4-5-10(13)9-6-8(2)12(15)7-11(9)14/h6-7,10H,3-5H2,1-2H3. The third kappa shape index (κ3) is 3.46. The Morgan fingerprint density at radius 3 is 2.73 bits per heavy atom. The predicted molar refractivity (Wildman–Crippen MR) is 67.3 cm³/mol. The van der Waals surface area contributed by atoms with Gasteiger partial charge in [-0.15, -0.1) is 0 Å². The van der Waals surface area contributed by atoms with Crippen LogP contribution < -0.4 is 0 Å². The van der Waals surface area contributed by atoms with Crippen LogP contribution in [0.2, 0.25) is 5.02 Å². The summed E-state index contributed by atoms with van der Waals surface area (Å²) < 4.78 is 13.2. The summed E-state index contributed by atoms with van der Waals surface area (Å²) in [4.78, 5) is 0.226. The predicted octanol–water partition coefficient (Wildman–Crippen LogP) is 5.41. The Hall–Kier alpha value is -0.0800. The molecular weight excluding hydrogens is 278 g/mol. The van der Waals surface area contributed by atoms with Gasteiger partial charge in [0.1, 0.15) is 5.82 Å². The Kier molecular flexibility index (Phi) is 5.07. The minimum Gasteiger partial charge on any atom is -0.207 e. The summed E-state index contributed by atoms with van der Waals surface area (Å²) in [5.74, 6) is -0.237. The van der Waals surface area contributed by atoms with Crippen LogP contribution in [0.15, 0.2) is 12.1 Å². The van der Waals surface area contributed by atoms with Crippen LogP contribution in [0.25, 0.3) is 0 Å². The molecule has 0 nitrogen and oxygen atoms in total. The van der Waals surface area contributed by atoms with E-state index in [1.807, 2.05) is 6.07 Å². The summed E-state index contributed by atoms with van der Waals surface area (Å²) in [6, 6.07) is 3.22. The number of rotatable bonds is 4. The lowest BCUT2D eigenvalue weighted by Gasteiger charge is -2.12. The molecule has 0 radical (unpaired) electrons. The van der Waals surface area contributed by atoms with Crippen LogP contribution >= 0.6 is 27.5 Å². The third-order valence-corrected chi connectivity index (χ3v) is 3.70. The van der Waals surface area contributed by atoms with Crippen LogP contribution in [0.3, 0.4) is 0 Å². The fourth-order valence-electron chi connectivity index (χ4n) is 1.46. The molecule has 0 heterocycles. The highest BCUT2D eigenvalue weighted by atomic mass is 79.9.